The van der Waals surface area contributed by atoms with E-state index in [-0.39, 0.29) is 35.2 Å². The van der Waals surface area contributed by atoms with Crippen molar-refractivity contribution in [1.82, 2.24) is 14.7 Å². The molecular weight excluding hydrogens is 551 g/mol. The monoisotopic (exact) mass is 584 g/mol. The van der Waals surface area contributed by atoms with Gasteiger partial charge in [0.25, 0.3) is 0 Å². The molecule has 0 bridgehead atoms. The van der Waals surface area contributed by atoms with Gasteiger partial charge in [-0.05, 0) is 49.1 Å². The zero-order valence-electron chi connectivity index (χ0n) is 23.7. The molecule has 0 aliphatic carbocycles. The molecule has 3 aromatic carbocycles. The molecule has 0 spiro atoms. The summed E-state index contributed by atoms with van der Waals surface area (Å²) in [5.41, 5.74) is 3.88. The summed E-state index contributed by atoms with van der Waals surface area (Å²) in [7, 11) is 1.64. The number of halogens is 1. The molecule has 7 nitrogen and oxygen atoms in total. The molecule has 2 aliphatic rings. The van der Waals surface area contributed by atoms with E-state index in [1.54, 1.807) is 28.8 Å². The Morgan fingerprint density at radius 3 is 2.40 bits per heavy atom. The number of carbonyl (C=O) groups is 2. The number of amides is 2. The molecule has 0 saturated carbocycles. The van der Waals surface area contributed by atoms with Crippen molar-refractivity contribution in [2.45, 2.75) is 25.0 Å². The molecule has 1 fully saturated rings. The van der Waals surface area contributed by atoms with Crippen LogP contribution in [0.15, 0.2) is 78.9 Å². The van der Waals surface area contributed by atoms with E-state index >= 15 is 0 Å². The van der Waals surface area contributed by atoms with Crippen LogP contribution in [0, 0.1) is 11.7 Å². The van der Waals surface area contributed by atoms with Gasteiger partial charge in [0.2, 0.25) is 11.8 Å². The van der Waals surface area contributed by atoms with Crippen LogP contribution in [-0.2, 0) is 9.59 Å². The van der Waals surface area contributed by atoms with Gasteiger partial charge in [0.1, 0.15) is 23.9 Å². The smallest absolute Gasteiger partial charge is 0.242 e. The summed E-state index contributed by atoms with van der Waals surface area (Å²) in [5.74, 6) is 1.32. The maximum atomic E-state index is 14.0. The first kappa shape index (κ1) is 28.0. The summed E-state index contributed by atoms with van der Waals surface area (Å²) >= 11 is 1.49. The van der Waals surface area contributed by atoms with Crippen molar-refractivity contribution >= 4 is 29.4 Å². The number of fused-ring (bicyclic) bond motifs is 1. The number of benzene rings is 3. The summed E-state index contributed by atoms with van der Waals surface area (Å²) in [4.78, 5) is 31.1. The molecule has 3 heterocycles. The van der Waals surface area contributed by atoms with E-state index in [0.29, 0.717) is 42.0 Å². The highest BCUT2D eigenvalue weighted by Crippen LogP contribution is 2.50. The summed E-state index contributed by atoms with van der Waals surface area (Å²) in [5, 5.41) is 4.75. The van der Waals surface area contributed by atoms with Crippen LogP contribution in [0.1, 0.15) is 36.1 Å². The maximum Gasteiger partial charge on any atom is 0.242 e. The van der Waals surface area contributed by atoms with Crippen LogP contribution in [0.5, 0.6) is 5.75 Å². The van der Waals surface area contributed by atoms with Crippen LogP contribution in [0.25, 0.3) is 16.9 Å². The zero-order valence-corrected chi connectivity index (χ0v) is 24.5. The lowest BCUT2D eigenvalue weighted by atomic mass is 9.98. The van der Waals surface area contributed by atoms with Crippen molar-refractivity contribution in [3.8, 4) is 22.7 Å². The first-order valence-corrected chi connectivity index (χ1v) is 15.3. The molecule has 6 rings (SSSR count). The van der Waals surface area contributed by atoms with Gasteiger partial charge in [0, 0.05) is 29.8 Å². The standard InChI is InChI=1S/C33H33FN4O3S/c1-22-16-18-36(19-17-22)28(39)20-37-29(40)21-42-32(26-10-6-7-11-27(26)41-2)30-31(23-8-4-3-5-9-23)35-38(33(30)37)25-14-12-24(34)13-15-25/h3-15,22,32H,16-21H2,1-2H3/t32-/m0/s1. The van der Waals surface area contributed by atoms with E-state index < -0.39 is 0 Å². The number of piperidine rings is 1. The number of ether oxygens (including phenoxy) is 1. The fraction of sp³-hybridized carbons (Fsp3) is 0.303. The second-order valence-corrected chi connectivity index (χ2v) is 11.9. The second kappa shape index (κ2) is 12.0. The Balaban J connectivity index is 1.57. The average Bonchev–Trinajstić information content (AvgIpc) is 3.34. The third-order valence-corrected chi connectivity index (χ3v) is 9.30. The summed E-state index contributed by atoms with van der Waals surface area (Å²) in [6.45, 7) is 3.47. The molecule has 1 atom stereocenters. The van der Waals surface area contributed by atoms with E-state index in [4.69, 9.17) is 9.84 Å². The molecule has 2 amide bonds. The Morgan fingerprint density at radius 1 is 1.00 bits per heavy atom. The Morgan fingerprint density at radius 2 is 1.69 bits per heavy atom. The molecular formula is C33H33FN4O3S. The maximum absolute atomic E-state index is 14.0. The van der Waals surface area contributed by atoms with E-state index in [0.717, 1.165) is 29.5 Å². The van der Waals surface area contributed by atoms with E-state index in [9.17, 15) is 14.0 Å². The van der Waals surface area contributed by atoms with Crippen molar-refractivity contribution < 1.29 is 18.7 Å². The van der Waals surface area contributed by atoms with Gasteiger partial charge in [0.05, 0.1) is 29.5 Å². The number of thioether (sulfide) groups is 1. The predicted octanol–water partition coefficient (Wildman–Crippen LogP) is 6.11. The van der Waals surface area contributed by atoms with E-state index in [1.165, 1.54) is 23.9 Å². The third-order valence-electron chi connectivity index (χ3n) is 8.06. The predicted molar refractivity (Wildman–Crippen MR) is 164 cm³/mol. The molecule has 9 heteroatoms. The number of para-hydroxylation sites is 1. The highest BCUT2D eigenvalue weighted by atomic mass is 32.2. The zero-order chi connectivity index (χ0) is 29.2. The van der Waals surface area contributed by atoms with Crippen LogP contribution in [0.2, 0.25) is 0 Å². The number of anilines is 1. The number of nitrogens with zero attached hydrogens (tertiary/aromatic N) is 4. The molecule has 0 radical (unpaired) electrons. The number of methoxy groups -OCH3 is 1. The molecule has 42 heavy (non-hydrogen) atoms. The van der Waals surface area contributed by atoms with Crippen molar-refractivity contribution in [2.24, 2.45) is 5.92 Å². The molecule has 1 aromatic heterocycles. The van der Waals surface area contributed by atoms with Crippen molar-refractivity contribution in [1.29, 1.82) is 0 Å². The van der Waals surface area contributed by atoms with Gasteiger partial charge in [-0.2, -0.15) is 5.10 Å². The topological polar surface area (TPSA) is 67.7 Å². The normalized spacial score (nSPS) is 17.6. The SMILES string of the molecule is COc1ccccc1[C@@H]1SCC(=O)N(CC(=O)N2CCC(C)CC2)c2c1c(-c1ccccc1)nn2-c1ccc(F)cc1. The molecule has 2 aliphatic heterocycles. The Kier molecular flexibility index (Phi) is 8.02. The minimum atomic E-state index is -0.370. The second-order valence-electron chi connectivity index (χ2n) is 10.8. The summed E-state index contributed by atoms with van der Waals surface area (Å²) < 4.78 is 21.5. The van der Waals surface area contributed by atoms with Crippen molar-refractivity contribution in [3.63, 3.8) is 0 Å². The van der Waals surface area contributed by atoms with Crippen molar-refractivity contribution in [3.05, 3.63) is 95.8 Å². The fourth-order valence-corrected chi connectivity index (χ4v) is 6.94. The van der Waals surface area contributed by atoms with Gasteiger partial charge < -0.3 is 9.64 Å². The third kappa shape index (κ3) is 5.41. The first-order chi connectivity index (χ1) is 20.4. The van der Waals surface area contributed by atoms with Crippen LogP contribution in [-0.4, -0.2) is 59.0 Å². The largest absolute Gasteiger partial charge is 0.496 e. The fourth-order valence-electron chi connectivity index (χ4n) is 5.71. The number of hydrogen-bond acceptors (Lipinski definition) is 5. The van der Waals surface area contributed by atoms with Gasteiger partial charge >= 0.3 is 0 Å². The molecule has 1 saturated heterocycles. The molecule has 216 valence electrons. The highest BCUT2D eigenvalue weighted by molar-refractivity contribution is 8.00. The average molecular weight is 585 g/mol. The van der Waals surface area contributed by atoms with Crippen LogP contribution >= 0.6 is 11.8 Å². The highest BCUT2D eigenvalue weighted by Gasteiger charge is 2.39. The quantitative estimate of drug-likeness (QED) is 0.273. The van der Waals surface area contributed by atoms with E-state index in [1.807, 2.05) is 59.5 Å². The van der Waals surface area contributed by atoms with E-state index in [2.05, 4.69) is 6.92 Å². The Labute approximate surface area is 249 Å². The Hall–Kier alpha value is -4.11. The Bertz CT molecular complexity index is 1580. The molecule has 0 N–H and O–H groups in total. The van der Waals surface area contributed by atoms with Gasteiger partial charge in [-0.3, -0.25) is 14.5 Å². The minimum Gasteiger partial charge on any atom is -0.496 e. The number of aromatic nitrogens is 2. The lowest BCUT2D eigenvalue weighted by Gasteiger charge is -2.32. The molecule has 4 aromatic rings. The lowest BCUT2D eigenvalue weighted by molar-refractivity contribution is -0.132. The van der Waals surface area contributed by atoms with Crippen molar-refractivity contribution in [2.75, 3.05) is 37.4 Å². The number of rotatable bonds is 6. The molecule has 0 unspecified atom stereocenters. The van der Waals surface area contributed by atoms with Crippen LogP contribution in [0.4, 0.5) is 10.2 Å². The lowest BCUT2D eigenvalue weighted by Crippen LogP contribution is -2.46. The van der Waals surface area contributed by atoms with Gasteiger partial charge in [-0.15, -0.1) is 11.8 Å². The summed E-state index contributed by atoms with van der Waals surface area (Å²) in [6, 6.07) is 23.6. The van der Waals surface area contributed by atoms with Crippen LogP contribution in [0.3, 0.4) is 0 Å². The van der Waals surface area contributed by atoms with Gasteiger partial charge in [-0.25, -0.2) is 9.07 Å². The summed E-state index contributed by atoms with van der Waals surface area (Å²) in [6.07, 6.45) is 1.89. The first-order valence-electron chi connectivity index (χ1n) is 14.2. The van der Waals surface area contributed by atoms with Gasteiger partial charge in [0.15, 0.2) is 0 Å². The number of likely N-dealkylation sites (tertiary alicyclic amines) is 1. The van der Waals surface area contributed by atoms with Crippen LogP contribution < -0.4 is 9.64 Å². The van der Waals surface area contributed by atoms with Gasteiger partial charge in [-0.1, -0.05) is 55.5 Å². The number of hydrogen-bond donors (Lipinski definition) is 0. The minimum absolute atomic E-state index is 0.0879. The number of carbonyl (C=O) groups excluding carboxylic acids is 2.